The zero-order valence-electron chi connectivity index (χ0n) is 15.0. The molecule has 0 unspecified atom stereocenters. The number of hydrogen-bond acceptors (Lipinski definition) is 3. The summed E-state index contributed by atoms with van der Waals surface area (Å²) in [4.78, 5) is 8.42. The van der Waals surface area contributed by atoms with Gasteiger partial charge in [0, 0.05) is 12.7 Å². The summed E-state index contributed by atoms with van der Waals surface area (Å²) in [5, 5.41) is 0. The molecule has 3 aromatic carbocycles. The number of fused-ring (bicyclic) bond motifs is 1. The smallest absolute Gasteiger partial charge is 0.175 e. The zero-order valence-corrected chi connectivity index (χ0v) is 15.8. The lowest BCUT2D eigenvalue weighted by Gasteiger charge is -2.02. The van der Waals surface area contributed by atoms with Crippen molar-refractivity contribution in [2.24, 2.45) is 0 Å². The van der Waals surface area contributed by atoms with Crippen molar-refractivity contribution in [3.8, 4) is 11.1 Å². The molecule has 0 aliphatic rings. The van der Waals surface area contributed by atoms with Crippen LogP contribution in [0.25, 0.3) is 22.2 Å². The van der Waals surface area contributed by atoms with E-state index in [0.29, 0.717) is 4.90 Å². The normalized spacial score (nSPS) is 11.7. The molecular formula is C22H20N2O2S. The molecule has 1 aromatic heterocycles. The van der Waals surface area contributed by atoms with Crippen molar-refractivity contribution < 1.29 is 8.42 Å². The van der Waals surface area contributed by atoms with E-state index >= 15 is 0 Å². The molecule has 0 radical (unpaired) electrons. The van der Waals surface area contributed by atoms with Crippen LogP contribution >= 0.6 is 0 Å². The van der Waals surface area contributed by atoms with Gasteiger partial charge >= 0.3 is 0 Å². The van der Waals surface area contributed by atoms with Gasteiger partial charge in [-0.25, -0.2) is 13.4 Å². The number of nitrogens with one attached hydrogen (secondary N) is 1. The lowest BCUT2D eigenvalue weighted by Crippen LogP contribution is -1.98. The maximum absolute atomic E-state index is 11.5. The standard InChI is InChI=1S/C22H20N2O2S/c1-27(25,26)19-11-7-16(8-12-19)9-14-22-23-20-13-10-18(15-21(20)24-22)17-5-3-2-4-6-17/h2-8,10-13,15H,9,14H2,1H3,(H,23,24). The molecule has 1 heterocycles. The molecule has 5 heteroatoms. The minimum atomic E-state index is -3.15. The van der Waals surface area contributed by atoms with Crippen LogP contribution in [-0.2, 0) is 22.7 Å². The number of aryl methyl sites for hydroxylation is 2. The Morgan fingerprint density at radius 3 is 2.30 bits per heavy atom. The number of aromatic nitrogens is 2. The molecule has 27 heavy (non-hydrogen) atoms. The van der Waals surface area contributed by atoms with Gasteiger partial charge in [0.15, 0.2) is 9.84 Å². The molecule has 4 nitrogen and oxygen atoms in total. The first kappa shape index (κ1) is 17.5. The molecule has 136 valence electrons. The van der Waals surface area contributed by atoms with E-state index in [9.17, 15) is 8.42 Å². The lowest BCUT2D eigenvalue weighted by atomic mass is 10.1. The SMILES string of the molecule is CS(=O)(=O)c1ccc(CCc2nc3ccc(-c4ccccc4)cc3[nH]2)cc1. The first-order valence-electron chi connectivity index (χ1n) is 8.82. The number of sulfone groups is 1. The highest BCUT2D eigenvalue weighted by Crippen LogP contribution is 2.23. The van der Waals surface area contributed by atoms with Crippen LogP contribution in [0.5, 0.6) is 0 Å². The Balaban J connectivity index is 1.51. The van der Waals surface area contributed by atoms with Crippen LogP contribution in [0, 0.1) is 0 Å². The van der Waals surface area contributed by atoms with Crippen LogP contribution in [0.1, 0.15) is 11.4 Å². The molecule has 0 saturated carbocycles. The fourth-order valence-corrected chi connectivity index (χ4v) is 3.79. The molecule has 4 rings (SSSR count). The maximum Gasteiger partial charge on any atom is 0.175 e. The quantitative estimate of drug-likeness (QED) is 0.561. The van der Waals surface area contributed by atoms with Crippen molar-refractivity contribution in [3.63, 3.8) is 0 Å². The molecule has 0 aliphatic heterocycles. The van der Waals surface area contributed by atoms with Crippen LogP contribution in [0.3, 0.4) is 0 Å². The number of hydrogen-bond donors (Lipinski definition) is 1. The third kappa shape index (κ3) is 3.93. The first-order valence-corrected chi connectivity index (χ1v) is 10.7. The monoisotopic (exact) mass is 376 g/mol. The highest BCUT2D eigenvalue weighted by molar-refractivity contribution is 7.90. The summed E-state index contributed by atoms with van der Waals surface area (Å²) in [7, 11) is -3.15. The Hall–Kier alpha value is -2.92. The number of rotatable bonds is 5. The summed E-state index contributed by atoms with van der Waals surface area (Å²) in [5.41, 5.74) is 5.42. The summed E-state index contributed by atoms with van der Waals surface area (Å²) in [5.74, 6) is 0.933. The van der Waals surface area contributed by atoms with Gasteiger partial charge in [-0.2, -0.15) is 0 Å². The molecule has 1 N–H and O–H groups in total. The van der Waals surface area contributed by atoms with E-state index in [1.165, 1.54) is 11.8 Å². The summed E-state index contributed by atoms with van der Waals surface area (Å²) in [6.07, 6.45) is 2.79. The van der Waals surface area contributed by atoms with Gasteiger partial charge in [0.25, 0.3) is 0 Å². The van der Waals surface area contributed by atoms with E-state index < -0.39 is 9.84 Å². The number of imidazole rings is 1. The second-order valence-electron chi connectivity index (χ2n) is 6.70. The molecule has 0 spiro atoms. The maximum atomic E-state index is 11.5. The summed E-state index contributed by atoms with van der Waals surface area (Å²) >= 11 is 0. The number of aromatic amines is 1. The van der Waals surface area contributed by atoms with Crippen molar-refractivity contribution >= 4 is 20.9 Å². The van der Waals surface area contributed by atoms with Gasteiger partial charge in [-0.15, -0.1) is 0 Å². The van der Waals surface area contributed by atoms with Gasteiger partial charge in [0.1, 0.15) is 5.82 Å². The Labute approximate surface area is 158 Å². The summed E-state index contributed by atoms with van der Waals surface area (Å²) in [6, 6.07) is 23.6. The fraction of sp³-hybridized carbons (Fsp3) is 0.136. The van der Waals surface area contributed by atoms with Gasteiger partial charge in [-0.05, 0) is 47.4 Å². The third-order valence-corrected chi connectivity index (χ3v) is 5.77. The Bertz CT molecular complexity index is 1180. The molecular weight excluding hydrogens is 356 g/mol. The summed E-state index contributed by atoms with van der Waals surface area (Å²) < 4.78 is 23.1. The third-order valence-electron chi connectivity index (χ3n) is 4.64. The molecule has 0 atom stereocenters. The largest absolute Gasteiger partial charge is 0.342 e. The molecule has 0 fully saturated rings. The number of benzene rings is 3. The van der Waals surface area contributed by atoms with Gasteiger partial charge < -0.3 is 4.98 Å². The molecule has 4 aromatic rings. The highest BCUT2D eigenvalue weighted by atomic mass is 32.2. The van der Waals surface area contributed by atoms with Crippen LogP contribution in [0.2, 0.25) is 0 Å². The van der Waals surface area contributed by atoms with E-state index in [1.54, 1.807) is 12.1 Å². The lowest BCUT2D eigenvalue weighted by molar-refractivity contribution is 0.602. The van der Waals surface area contributed by atoms with E-state index in [-0.39, 0.29) is 0 Å². The molecule has 0 amide bonds. The molecule has 0 saturated heterocycles. The van der Waals surface area contributed by atoms with Crippen LogP contribution < -0.4 is 0 Å². The Kier molecular flexibility index (Phi) is 4.54. The van der Waals surface area contributed by atoms with Crippen molar-refractivity contribution in [3.05, 3.63) is 84.2 Å². The van der Waals surface area contributed by atoms with Crippen LogP contribution in [0.15, 0.2) is 77.7 Å². The van der Waals surface area contributed by atoms with E-state index in [0.717, 1.165) is 40.8 Å². The van der Waals surface area contributed by atoms with Gasteiger partial charge in [0.05, 0.1) is 15.9 Å². The average Bonchev–Trinajstić information content (AvgIpc) is 3.09. The van der Waals surface area contributed by atoms with Gasteiger partial charge in [0.2, 0.25) is 0 Å². The fourth-order valence-electron chi connectivity index (χ4n) is 3.16. The number of H-pyrrole nitrogens is 1. The van der Waals surface area contributed by atoms with Crippen molar-refractivity contribution in [2.45, 2.75) is 17.7 Å². The van der Waals surface area contributed by atoms with Crippen molar-refractivity contribution in [1.29, 1.82) is 0 Å². The Morgan fingerprint density at radius 2 is 1.59 bits per heavy atom. The van der Waals surface area contributed by atoms with Crippen molar-refractivity contribution in [1.82, 2.24) is 9.97 Å². The first-order chi connectivity index (χ1) is 13.0. The minimum absolute atomic E-state index is 0.350. The molecule has 0 bridgehead atoms. The number of nitrogens with zero attached hydrogens (tertiary/aromatic N) is 1. The zero-order chi connectivity index (χ0) is 18.9. The van der Waals surface area contributed by atoms with Crippen LogP contribution in [-0.4, -0.2) is 24.6 Å². The predicted octanol–water partition coefficient (Wildman–Crippen LogP) is 4.42. The predicted molar refractivity (Wildman–Crippen MR) is 108 cm³/mol. The van der Waals surface area contributed by atoms with Gasteiger partial charge in [-0.1, -0.05) is 48.5 Å². The highest BCUT2D eigenvalue weighted by Gasteiger charge is 2.08. The van der Waals surface area contributed by atoms with Crippen molar-refractivity contribution in [2.75, 3.05) is 6.26 Å². The van der Waals surface area contributed by atoms with Crippen LogP contribution in [0.4, 0.5) is 0 Å². The van der Waals surface area contributed by atoms with Gasteiger partial charge in [-0.3, -0.25) is 0 Å². The molecule has 0 aliphatic carbocycles. The second-order valence-corrected chi connectivity index (χ2v) is 8.71. The van der Waals surface area contributed by atoms with E-state index in [1.807, 2.05) is 36.4 Å². The Morgan fingerprint density at radius 1 is 0.852 bits per heavy atom. The summed E-state index contributed by atoms with van der Waals surface area (Å²) in [6.45, 7) is 0. The second kappa shape index (κ2) is 7.00. The average molecular weight is 376 g/mol. The minimum Gasteiger partial charge on any atom is -0.342 e. The topological polar surface area (TPSA) is 62.8 Å². The van der Waals surface area contributed by atoms with E-state index in [2.05, 4.69) is 34.2 Å². The van der Waals surface area contributed by atoms with E-state index in [4.69, 9.17) is 0 Å².